The van der Waals surface area contributed by atoms with E-state index in [1.165, 1.54) is 18.9 Å². The summed E-state index contributed by atoms with van der Waals surface area (Å²) in [5.41, 5.74) is 2.57. The lowest BCUT2D eigenvalue weighted by Crippen LogP contribution is -2.24. The molecule has 1 saturated carbocycles. The molecule has 0 aliphatic heterocycles. The van der Waals surface area contributed by atoms with E-state index in [4.69, 9.17) is 5.11 Å². The molecule has 0 spiro atoms. The summed E-state index contributed by atoms with van der Waals surface area (Å²) in [7, 11) is 0. The van der Waals surface area contributed by atoms with Crippen molar-refractivity contribution in [3.63, 3.8) is 0 Å². The highest BCUT2D eigenvalue weighted by molar-refractivity contribution is 6.02. The zero-order chi connectivity index (χ0) is 18.8. The van der Waals surface area contributed by atoms with Crippen LogP contribution >= 0.6 is 0 Å². The molecule has 0 bridgehead atoms. The summed E-state index contributed by atoms with van der Waals surface area (Å²) >= 11 is 0. The van der Waals surface area contributed by atoms with Crippen LogP contribution in [0.25, 0.3) is 11.0 Å². The van der Waals surface area contributed by atoms with Gasteiger partial charge in [0.1, 0.15) is 11.3 Å². The second-order valence-corrected chi connectivity index (χ2v) is 6.85. The third-order valence-corrected chi connectivity index (χ3v) is 5.00. The molecule has 4 rings (SSSR count). The van der Waals surface area contributed by atoms with Gasteiger partial charge in [0.05, 0.1) is 11.1 Å². The van der Waals surface area contributed by atoms with Gasteiger partial charge in [-0.25, -0.2) is 14.8 Å². The van der Waals surface area contributed by atoms with Crippen molar-refractivity contribution in [1.82, 2.24) is 20.3 Å². The first kappa shape index (κ1) is 17.2. The summed E-state index contributed by atoms with van der Waals surface area (Å²) in [4.78, 5) is 35.9. The number of amides is 1. The Morgan fingerprint density at radius 2 is 2.04 bits per heavy atom. The Hall–Kier alpha value is -3.22. The summed E-state index contributed by atoms with van der Waals surface area (Å²) in [5.74, 6) is 0.0298. The molecule has 3 aromatic rings. The van der Waals surface area contributed by atoms with E-state index in [0.29, 0.717) is 17.0 Å². The highest BCUT2D eigenvalue weighted by Gasteiger charge is 2.22. The molecule has 1 fully saturated rings. The molecule has 0 atom stereocenters. The number of carboxylic acids is 1. The molecule has 7 nitrogen and oxygen atoms in total. The number of fused-ring (bicyclic) bond motifs is 1. The zero-order valence-electron chi connectivity index (χ0n) is 14.7. The van der Waals surface area contributed by atoms with Crippen LogP contribution in [0.5, 0.6) is 0 Å². The Bertz CT molecular complexity index is 1010. The Labute approximate surface area is 155 Å². The van der Waals surface area contributed by atoms with Crippen molar-refractivity contribution in [2.45, 2.75) is 38.1 Å². The van der Waals surface area contributed by atoms with E-state index < -0.39 is 5.97 Å². The van der Waals surface area contributed by atoms with E-state index in [0.717, 1.165) is 24.2 Å². The maximum absolute atomic E-state index is 12.6. The summed E-state index contributed by atoms with van der Waals surface area (Å²) in [6.07, 6.45) is 6.26. The lowest BCUT2D eigenvalue weighted by atomic mass is 10.1. The number of aromatic carboxylic acids is 1. The van der Waals surface area contributed by atoms with Crippen LogP contribution in [0.1, 0.15) is 63.8 Å². The maximum Gasteiger partial charge on any atom is 0.335 e. The minimum Gasteiger partial charge on any atom is -0.478 e. The van der Waals surface area contributed by atoms with Gasteiger partial charge in [-0.05, 0) is 36.6 Å². The highest BCUT2D eigenvalue weighted by Crippen LogP contribution is 2.33. The molecule has 7 heteroatoms. The van der Waals surface area contributed by atoms with E-state index in [2.05, 4.69) is 20.3 Å². The van der Waals surface area contributed by atoms with Crippen molar-refractivity contribution in [3.8, 4) is 0 Å². The van der Waals surface area contributed by atoms with Gasteiger partial charge >= 0.3 is 5.97 Å². The Balaban J connectivity index is 1.54. The molecular weight excluding hydrogens is 344 g/mol. The van der Waals surface area contributed by atoms with Crippen LogP contribution < -0.4 is 5.32 Å². The lowest BCUT2D eigenvalue weighted by Gasteiger charge is -2.06. The van der Waals surface area contributed by atoms with E-state index in [1.54, 1.807) is 24.4 Å². The molecule has 2 heterocycles. The van der Waals surface area contributed by atoms with Crippen LogP contribution in [-0.2, 0) is 6.54 Å². The van der Waals surface area contributed by atoms with E-state index >= 15 is 0 Å². The number of hydrogen-bond donors (Lipinski definition) is 3. The molecule has 1 aromatic carbocycles. The van der Waals surface area contributed by atoms with Crippen LogP contribution in [0.4, 0.5) is 0 Å². The highest BCUT2D eigenvalue weighted by atomic mass is 16.4. The molecule has 2 aromatic heterocycles. The van der Waals surface area contributed by atoms with E-state index in [9.17, 15) is 9.59 Å². The topological polar surface area (TPSA) is 108 Å². The van der Waals surface area contributed by atoms with E-state index in [-0.39, 0.29) is 23.7 Å². The number of nitrogens with zero attached hydrogens (tertiary/aromatic N) is 2. The van der Waals surface area contributed by atoms with Gasteiger partial charge in [-0.15, -0.1) is 0 Å². The molecular formula is C20H20N4O3. The number of aromatic amines is 1. The molecule has 0 saturated heterocycles. The molecule has 27 heavy (non-hydrogen) atoms. The number of benzene rings is 1. The van der Waals surface area contributed by atoms with Crippen LogP contribution in [0, 0.1) is 0 Å². The minimum absolute atomic E-state index is 0.190. The number of carboxylic acid groups (broad SMARTS) is 1. The first-order chi connectivity index (χ1) is 13.1. The Kier molecular flexibility index (Phi) is 4.58. The van der Waals surface area contributed by atoms with Gasteiger partial charge in [0, 0.05) is 18.7 Å². The summed E-state index contributed by atoms with van der Waals surface area (Å²) in [5, 5.41) is 11.9. The smallest absolute Gasteiger partial charge is 0.335 e. The molecule has 3 N–H and O–H groups in total. The molecule has 0 radical (unpaired) electrons. The van der Waals surface area contributed by atoms with E-state index in [1.807, 2.05) is 6.07 Å². The number of hydrogen-bond acceptors (Lipinski definition) is 4. The van der Waals surface area contributed by atoms with Gasteiger partial charge in [0.15, 0.2) is 5.69 Å². The van der Waals surface area contributed by atoms with Crippen LogP contribution in [0.3, 0.4) is 0 Å². The van der Waals surface area contributed by atoms with Gasteiger partial charge in [0.25, 0.3) is 5.91 Å². The number of H-pyrrole nitrogens is 1. The van der Waals surface area contributed by atoms with Crippen molar-refractivity contribution in [2.24, 2.45) is 0 Å². The summed E-state index contributed by atoms with van der Waals surface area (Å²) in [6.45, 7) is 0.220. The van der Waals surface area contributed by atoms with Gasteiger partial charge in [0.2, 0.25) is 0 Å². The SMILES string of the molecule is O=C(O)c1cccc(CNC(=O)c2nccc3[nH]c(C4CCCC4)nc23)c1. The van der Waals surface area contributed by atoms with Crippen molar-refractivity contribution >= 4 is 22.9 Å². The average molecular weight is 364 g/mol. The molecule has 0 unspecified atom stereocenters. The fraction of sp³-hybridized carbons (Fsp3) is 0.300. The number of nitrogens with one attached hydrogen (secondary N) is 2. The number of imidazole rings is 1. The van der Waals surface area contributed by atoms with Crippen molar-refractivity contribution in [3.05, 3.63) is 59.2 Å². The third-order valence-electron chi connectivity index (χ3n) is 5.00. The van der Waals surface area contributed by atoms with Gasteiger partial charge < -0.3 is 15.4 Å². The second-order valence-electron chi connectivity index (χ2n) is 6.85. The van der Waals surface area contributed by atoms with Gasteiger partial charge in [-0.2, -0.15) is 0 Å². The Morgan fingerprint density at radius 1 is 1.22 bits per heavy atom. The van der Waals surface area contributed by atoms with Gasteiger partial charge in [-0.3, -0.25) is 4.79 Å². The quantitative estimate of drug-likeness (QED) is 0.644. The van der Waals surface area contributed by atoms with Crippen LogP contribution in [-0.4, -0.2) is 31.9 Å². The first-order valence-corrected chi connectivity index (χ1v) is 9.07. The predicted octanol–water partition coefficient (Wildman–Crippen LogP) is 3.24. The minimum atomic E-state index is -0.995. The van der Waals surface area contributed by atoms with Crippen LogP contribution in [0.2, 0.25) is 0 Å². The number of carbonyl (C=O) groups excluding carboxylic acids is 1. The zero-order valence-corrected chi connectivity index (χ0v) is 14.7. The normalized spacial score (nSPS) is 14.5. The maximum atomic E-state index is 12.6. The summed E-state index contributed by atoms with van der Waals surface area (Å²) < 4.78 is 0. The first-order valence-electron chi connectivity index (χ1n) is 9.07. The average Bonchev–Trinajstić information content (AvgIpc) is 3.35. The van der Waals surface area contributed by atoms with Gasteiger partial charge in [-0.1, -0.05) is 25.0 Å². The Morgan fingerprint density at radius 3 is 2.81 bits per heavy atom. The monoisotopic (exact) mass is 364 g/mol. The number of carbonyl (C=O) groups is 2. The fourth-order valence-electron chi connectivity index (χ4n) is 3.59. The number of pyridine rings is 1. The second kappa shape index (κ2) is 7.19. The molecule has 1 amide bonds. The largest absolute Gasteiger partial charge is 0.478 e. The molecule has 1 aliphatic carbocycles. The lowest BCUT2D eigenvalue weighted by molar-refractivity contribution is 0.0696. The standard InChI is InChI=1S/C20H20N4O3/c25-19(22-11-12-4-3-7-14(10-12)20(26)27)17-16-15(8-9-21-17)23-18(24-16)13-5-1-2-6-13/h3-4,7-10,13H,1-2,5-6,11H2,(H,22,25)(H,23,24)(H,26,27). The number of aromatic nitrogens is 3. The predicted molar refractivity (Wildman–Crippen MR) is 99.7 cm³/mol. The van der Waals surface area contributed by atoms with Crippen LogP contribution in [0.15, 0.2) is 36.5 Å². The van der Waals surface area contributed by atoms with Crippen molar-refractivity contribution < 1.29 is 14.7 Å². The summed E-state index contributed by atoms with van der Waals surface area (Å²) in [6, 6.07) is 8.32. The fourth-order valence-corrected chi connectivity index (χ4v) is 3.59. The molecule has 1 aliphatic rings. The third kappa shape index (κ3) is 3.53. The van der Waals surface area contributed by atoms with Crippen molar-refractivity contribution in [2.75, 3.05) is 0 Å². The van der Waals surface area contributed by atoms with Crippen molar-refractivity contribution in [1.29, 1.82) is 0 Å². The molecule has 138 valence electrons. The number of rotatable bonds is 5.